The summed E-state index contributed by atoms with van der Waals surface area (Å²) in [5.74, 6) is 0. The van der Waals surface area contributed by atoms with Crippen molar-refractivity contribution >= 4 is 71.3 Å². The Bertz CT molecular complexity index is 2880. The molecule has 50 heavy (non-hydrogen) atoms. The Morgan fingerprint density at radius 1 is 0.320 bits per heavy atom. The molecule has 10 rings (SSSR count). The largest absolute Gasteiger partial charge is 0.455 e. The highest BCUT2D eigenvalue weighted by Gasteiger charge is 2.25. The van der Waals surface area contributed by atoms with Crippen molar-refractivity contribution in [3.8, 4) is 22.3 Å². The number of nitrogens with zero attached hydrogens (tertiary/aromatic N) is 1. The molecule has 1 aromatic heterocycles. The molecular weight excluding hydrogens is 607 g/mol. The summed E-state index contributed by atoms with van der Waals surface area (Å²) in [4.78, 5) is 2.45. The molecular formula is C48H31NO. The van der Waals surface area contributed by atoms with Gasteiger partial charge in [0.25, 0.3) is 0 Å². The van der Waals surface area contributed by atoms with Gasteiger partial charge in [0.1, 0.15) is 11.2 Å². The molecule has 0 radical (unpaired) electrons. The van der Waals surface area contributed by atoms with E-state index in [9.17, 15) is 0 Å². The average Bonchev–Trinajstić information content (AvgIpc) is 3.58. The van der Waals surface area contributed by atoms with Gasteiger partial charge in [-0.05, 0) is 68.4 Å². The van der Waals surface area contributed by atoms with Crippen LogP contribution in [-0.2, 0) is 0 Å². The van der Waals surface area contributed by atoms with Gasteiger partial charge in [0.05, 0.1) is 22.4 Å². The van der Waals surface area contributed by atoms with E-state index < -0.39 is 0 Å². The van der Waals surface area contributed by atoms with Gasteiger partial charge >= 0.3 is 0 Å². The first kappa shape index (κ1) is 28.4. The number of benzene rings is 9. The second-order valence-corrected chi connectivity index (χ2v) is 12.8. The Kier molecular flexibility index (Phi) is 6.53. The lowest BCUT2D eigenvalue weighted by Crippen LogP contribution is -2.12. The number of para-hydroxylation sites is 2. The van der Waals surface area contributed by atoms with E-state index in [1.165, 1.54) is 37.9 Å². The van der Waals surface area contributed by atoms with Crippen LogP contribution in [0.4, 0.5) is 17.1 Å². The van der Waals surface area contributed by atoms with Crippen LogP contribution >= 0.6 is 0 Å². The standard InChI is InChI=1S/C48H31NO/c1-2-14-33(15-3-1)37-21-8-10-25-43(37)49(44-26-13-24-38-36-20-7-5-17-34(36)28-29-40(38)44)45-31-30-41(39-23-12-18-32-16-4-6-19-35(32)39)48-47(45)42-22-9-11-27-46(42)50-48/h1-31H. The first-order valence-electron chi connectivity index (χ1n) is 17.1. The van der Waals surface area contributed by atoms with Crippen LogP contribution in [-0.4, -0.2) is 0 Å². The molecule has 10 aromatic rings. The van der Waals surface area contributed by atoms with E-state index in [-0.39, 0.29) is 0 Å². The van der Waals surface area contributed by atoms with Gasteiger partial charge in [0, 0.05) is 21.9 Å². The molecule has 0 unspecified atom stereocenters. The van der Waals surface area contributed by atoms with Gasteiger partial charge < -0.3 is 9.32 Å². The summed E-state index contributed by atoms with van der Waals surface area (Å²) in [5, 5.41) is 9.48. The fourth-order valence-corrected chi connectivity index (χ4v) is 7.81. The molecule has 234 valence electrons. The van der Waals surface area contributed by atoms with E-state index in [1.54, 1.807) is 0 Å². The van der Waals surface area contributed by atoms with Gasteiger partial charge in [-0.15, -0.1) is 0 Å². The molecule has 0 amide bonds. The minimum atomic E-state index is 0.872. The molecule has 0 spiro atoms. The molecule has 0 atom stereocenters. The second-order valence-electron chi connectivity index (χ2n) is 12.8. The molecule has 0 saturated carbocycles. The van der Waals surface area contributed by atoms with Crippen LogP contribution in [0.3, 0.4) is 0 Å². The van der Waals surface area contributed by atoms with Crippen molar-refractivity contribution in [1.29, 1.82) is 0 Å². The molecule has 0 aliphatic rings. The Hall–Kier alpha value is -6.64. The van der Waals surface area contributed by atoms with Gasteiger partial charge in [-0.25, -0.2) is 0 Å². The number of hydrogen-bond donors (Lipinski definition) is 0. The zero-order valence-corrected chi connectivity index (χ0v) is 27.3. The molecule has 0 fully saturated rings. The van der Waals surface area contributed by atoms with Crippen LogP contribution in [0, 0.1) is 0 Å². The maximum absolute atomic E-state index is 6.88. The molecule has 0 saturated heterocycles. The lowest BCUT2D eigenvalue weighted by Gasteiger charge is -2.30. The summed E-state index contributed by atoms with van der Waals surface area (Å²) in [6.07, 6.45) is 0. The highest BCUT2D eigenvalue weighted by molar-refractivity contribution is 6.20. The topological polar surface area (TPSA) is 16.4 Å². The predicted octanol–water partition coefficient (Wildman–Crippen LogP) is 13.8. The molecule has 1 heterocycles. The van der Waals surface area contributed by atoms with E-state index in [2.05, 4.69) is 193 Å². The number of fused-ring (bicyclic) bond motifs is 7. The zero-order chi connectivity index (χ0) is 33.0. The summed E-state index contributed by atoms with van der Waals surface area (Å²) in [7, 11) is 0. The van der Waals surface area contributed by atoms with E-state index in [0.717, 1.165) is 55.7 Å². The predicted molar refractivity (Wildman–Crippen MR) is 212 cm³/mol. The van der Waals surface area contributed by atoms with Crippen LogP contribution in [0.25, 0.3) is 76.5 Å². The molecule has 0 N–H and O–H groups in total. The van der Waals surface area contributed by atoms with Crippen LogP contribution < -0.4 is 4.90 Å². The van der Waals surface area contributed by atoms with Crippen molar-refractivity contribution in [3.63, 3.8) is 0 Å². The third-order valence-electron chi connectivity index (χ3n) is 10.1. The highest BCUT2D eigenvalue weighted by atomic mass is 16.3. The average molecular weight is 638 g/mol. The molecule has 9 aromatic carbocycles. The quantitative estimate of drug-likeness (QED) is 0.175. The van der Waals surface area contributed by atoms with Crippen LogP contribution in [0.5, 0.6) is 0 Å². The monoisotopic (exact) mass is 637 g/mol. The van der Waals surface area contributed by atoms with Crippen molar-refractivity contribution < 1.29 is 4.42 Å². The third-order valence-corrected chi connectivity index (χ3v) is 10.1. The van der Waals surface area contributed by atoms with Crippen molar-refractivity contribution in [2.24, 2.45) is 0 Å². The summed E-state index contributed by atoms with van der Waals surface area (Å²) < 4.78 is 6.88. The van der Waals surface area contributed by atoms with Gasteiger partial charge in [0.15, 0.2) is 0 Å². The Morgan fingerprint density at radius 2 is 0.940 bits per heavy atom. The van der Waals surface area contributed by atoms with E-state index in [4.69, 9.17) is 4.42 Å². The Balaban J connectivity index is 1.34. The highest BCUT2D eigenvalue weighted by Crippen LogP contribution is 2.50. The Morgan fingerprint density at radius 3 is 1.82 bits per heavy atom. The van der Waals surface area contributed by atoms with E-state index in [1.807, 2.05) is 0 Å². The Labute approximate surface area is 290 Å². The number of anilines is 3. The number of hydrogen-bond acceptors (Lipinski definition) is 2. The minimum Gasteiger partial charge on any atom is -0.455 e. The van der Waals surface area contributed by atoms with Gasteiger partial charge in [-0.1, -0.05) is 158 Å². The number of rotatable bonds is 5. The van der Waals surface area contributed by atoms with E-state index >= 15 is 0 Å². The summed E-state index contributed by atoms with van der Waals surface area (Å²) in [6.45, 7) is 0. The lowest BCUT2D eigenvalue weighted by atomic mass is 9.94. The molecule has 0 bridgehead atoms. The molecule has 0 aliphatic heterocycles. The molecule has 2 heteroatoms. The minimum absolute atomic E-state index is 0.872. The number of furan rings is 1. The van der Waals surface area contributed by atoms with Crippen molar-refractivity contribution in [3.05, 3.63) is 188 Å². The smallest absolute Gasteiger partial charge is 0.145 e. The summed E-state index contributed by atoms with van der Waals surface area (Å²) in [5.41, 5.74) is 9.60. The lowest BCUT2D eigenvalue weighted by molar-refractivity contribution is 0.670. The maximum Gasteiger partial charge on any atom is 0.145 e. The van der Waals surface area contributed by atoms with Crippen LogP contribution in [0.2, 0.25) is 0 Å². The van der Waals surface area contributed by atoms with Crippen molar-refractivity contribution in [2.45, 2.75) is 0 Å². The third kappa shape index (κ3) is 4.43. The van der Waals surface area contributed by atoms with Gasteiger partial charge in [-0.3, -0.25) is 0 Å². The first-order chi connectivity index (χ1) is 24.8. The fraction of sp³-hybridized carbons (Fsp3) is 0. The fourth-order valence-electron chi connectivity index (χ4n) is 7.81. The zero-order valence-electron chi connectivity index (χ0n) is 27.3. The maximum atomic E-state index is 6.88. The summed E-state index contributed by atoms with van der Waals surface area (Å²) >= 11 is 0. The molecule has 0 aliphatic carbocycles. The summed E-state index contributed by atoms with van der Waals surface area (Å²) in [6, 6.07) is 67.4. The van der Waals surface area contributed by atoms with Crippen LogP contribution in [0.15, 0.2) is 192 Å². The second kappa shape index (κ2) is 11.5. The first-order valence-corrected chi connectivity index (χ1v) is 17.1. The van der Waals surface area contributed by atoms with Crippen molar-refractivity contribution in [1.82, 2.24) is 0 Å². The molecule has 2 nitrogen and oxygen atoms in total. The van der Waals surface area contributed by atoms with Gasteiger partial charge in [-0.2, -0.15) is 0 Å². The van der Waals surface area contributed by atoms with Gasteiger partial charge in [0.2, 0.25) is 0 Å². The van der Waals surface area contributed by atoms with Crippen LogP contribution in [0.1, 0.15) is 0 Å². The normalized spacial score (nSPS) is 11.6. The SMILES string of the molecule is c1ccc(-c2ccccc2N(c2cccc3c2ccc2ccccc23)c2ccc(-c3cccc4ccccc34)c3oc4ccccc4c23)cc1. The van der Waals surface area contributed by atoms with E-state index in [0.29, 0.717) is 0 Å². The van der Waals surface area contributed by atoms with Crippen molar-refractivity contribution in [2.75, 3.05) is 4.90 Å².